The Morgan fingerprint density at radius 1 is 0.207 bits per heavy atom. The average molecular weight is 2670 g/mol. The van der Waals surface area contributed by atoms with E-state index in [1.165, 1.54) is 70.8 Å². The summed E-state index contributed by atoms with van der Waals surface area (Å²) in [6, 6.07) is 161. The molecule has 738 valence electrons. The molecule has 0 aliphatic rings. The first kappa shape index (κ1) is 116. The van der Waals surface area contributed by atoms with Crippen LogP contribution in [0.15, 0.2) is 450 Å². The van der Waals surface area contributed by atoms with Crippen molar-refractivity contribution in [2.45, 2.75) is 106 Å². The maximum absolute atomic E-state index is 4.74. The molecule has 8 heterocycles. The predicted octanol–water partition coefficient (Wildman–Crippen LogP) is 30.7. The van der Waals surface area contributed by atoms with Gasteiger partial charge in [0, 0.05) is 141 Å². The van der Waals surface area contributed by atoms with Crippen LogP contribution in [0.3, 0.4) is 0 Å². The van der Waals surface area contributed by atoms with Crippen LogP contribution in [0.1, 0.15) is 25.0 Å². The molecule has 4 radical (unpaired) electrons. The van der Waals surface area contributed by atoms with E-state index in [0.717, 1.165) is 102 Å². The van der Waals surface area contributed by atoms with E-state index in [4.69, 9.17) is 4.98 Å². The zero-order chi connectivity index (χ0) is 99.2. The van der Waals surface area contributed by atoms with Crippen molar-refractivity contribution >= 4 is 53.0 Å². The largest absolute Gasteiger partial charge is 0.305 e. The third-order valence-corrected chi connectivity index (χ3v) is 31.3. The van der Waals surface area contributed by atoms with E-state index < -0.39 is 32.3 Å². The second kappa shape index (κ2) is 58.4. The van der Waals surface area contributed by atoms with E-state index >= 15 is 0 Å². The minimum absolute atomic E-state index is 0. The first-order valence-electron chi connectivity index (χ1n) is 48.0. The third-order valence-electron chi connectivity index (χ3n) is 23.1. The van der Waals surface area contributed by atoms with Gasteiger partial charge in [0.05, 0.1) is 32.3 Å². The number of aryl methyl sites for hydroxylation is 1. The van der Waals surface area contributed by atoms with Crippen molar-refractivity contribution in [1.29, 1.82) is 0 Å². The quantitative estimate of drug-likeness (QED) is 0.0618. The van der Waals surface area contributed by atoms with Gasteiger partial charge in [-0.3, -0.25) is 0 Å². The van der Waals surface area contributed by atoms with Crippen LogP contribution in [0.5, 0.6) is 0 Å². The van der Waals surface area contributed by atoms with Gasteiger partial charge in [-0.25, -0.2) is 0 Å². The summed E-state index contributed by atoms with van der Waals surface area (Å²) >= 11 is 0. The number of hydrogen-bond donors (Lipinski definition) is 0. The Hall–Kier alpha value is -12.7. The number of rotatable bonds is 18. The standard InChI is InChI=1S/C24H28NSi.C21H22NSi.2C20H20NSi.4C11H8N.4Ir/c1-18(2)15-21-16-24(20-9-7-6-8-10-20)25-17-23(21)19-11-13-22(14-12-19)26(3,4)5;1-16-14-21(18-8-6-5-7-9-18)22-15-20(16)17-10-12-19(13-11-17)23(2,3)4;1-22(2,3)19-11-7-10-17(14-19)18-12-13-20(21-15-18)16-8-5-4-6-9-16;1-22(2,3)19-12-9-16(10-13-19)18-11-14-20(21-15-18)17-7-5-4-6-8-17;4*1-2-6-10(7-3-1)11-8-4-5-9-12-11;;;;/h6-9,11-14,16-18H,15H2,1-5H3;5-8,10-15H,1-4H3;4-8,10-15H,1-3H3;4-7,9-15H,1-3H3;4*1-6,8-9H;;;;/q8*-1;;;;. The zero-order valence-electron chi connectivity index (χ0n) is 84.9. The number of nitrogens with zero attached hydrogens (tertiary/aromatic N) is 8. The minimum Gasteiger partial charge on any atom is -0.305 e. The number of aromatic nitrogens is 8. The molecule has 20 aromatic rings. The van der Waals surface area contributed by atoms with Gasteiger partial charge in [0.2, 0.25) is 0 Å². The molecule has 12 aromatic carbocycles. The van der Waals surface area contributed by atoms with Crippen molar-refractivity contribution in [3.05, 3.63) is 510 Å². The summed E-state index contributed by atoms with van der Waals surface area (Å²) in [5, 5.41) is 5.95. The number of benzene rings is 12. The molecule has 0 saturated heterocycles. The Labute approximate surface area is 920 Å². The van der Waals surface area contributed by atoms with E-state index in [1.54, 1.807) is 24.8 Å². The molecule has 0 aliphatic heterocycles. The van der Waals surface area contributed by atoms with Crippen LogP contribution in [-0.2, 0) is 86.8 Å². The molecule has 0 atom stereocenters. The molecule has 145 heavy (non-hydrogen) atoms. The first-order valence-corrected chi connectivity index (χ1v) is 62.0. The Bertz CT molecular complexity index is 6630. The van der Waals surface area contributed by atoms with Crippen LogP contribution in [-0.4, -0.2) is 72.2 Å². The Morgan fingerprint density at radius 3 is 0.724 bits per heavy atom. The van der Waals surface area contributed by atoms with Gasteiger partial charge < -0.3 is 39.9 Å². The van der Waals surface area contributed by atoms with Crippen LogP contribution in [0.2, 0.25) is 78.6 Å². The van der Waals surface area contributed by atoms with Crippen molar-refractivity contribution in [1.82, 2.24) is 39.9 Å². The van der Waals surface area contributed by atoms with E-state index in [1.807, 2.05) is 286 Å². The normalized spacial score (nSPS) is 10.6. The maximum atomic E-state index is 4.74. The Morgan fingerprint density at radius 2 is 0.462 bits per heavy atom. The molecule has 0 bridgehead atoms. The molecule has 0 fully saturated rings. The van der Waals surface area contributed by atoms with Gasteiger partial charge in [0.25, 0.3) is 0 Å². The molecule has 0 unspecified atom stereocenters. The molecule has 20 rings (SSSR count). The van der Waals surface area contributed by atoms with E-state index in [0.29, 0.717) is 5.92 Å². The third kappa shape index (κ3) is 36.5. The zero-order valence-corrected chi connectivity index (χ0v) is 98.5. The number of hydrogen-bond acceptors (Lipinski definition) is 8. The molecular formula is C129H122Ir4N8Si4-8. The second-order valence-corrected chi connectivity index (χ2v) is 58.8. The summed E-state index contributed by atoms with van der Waals surface area (Å²) in [7, 11) is -5.03. The summed E-state index contributed by atoms with van der Waals surface area (Å²) in [6.07, 6.45) is 16.1. The predicted molar refractivity (Wildman–Crippen MR) is 605 cm³/mol. The monoisotopic (exact) mass is 2670 g/mol. The molecule has 8 nitrogen and oxygen atoms in total. The average Bonchev–Trinajstić information content (AvgIpc) is 0.798. The molecule has 0 amide bonds. The van der Waals surface area contributed by atoms with Crippen LogP contribution < -0.4 is 20.7 Å². The minimum atomic E-state index is -1.29. The topological polar surface area (TPSA) is 103 Å². The van der Waals surface area contributed by atoms with E-state index in [9.17, 15) is 0 Å². The van der Waals surface area contributed by atoms with Crippen molar-refractivity contribution in [2.24, 2.45) is 5.92 Å². The van der Waals surface area contributed by atoms with Crippen LogP contribution in [0, 0.1) is 61.4 Å². The van der Waals surface area contributed by atoms with Gasteiger partial charge >= 0.3 is 0 Å². The molecule has 0 N–H and O–H groups in total. The van der Waals surface area contributed by atoms with Crippen molar-refractivity contribution in [2.75, 3.05) is 0 Å². The number of pyridine rings is 8. The van der Waals surface area contributed by atoms with Crippen LogP contribution >= 0.6 is 0 Å². The van der Waals surface area contributed by atoms with Crippen molar-refractivity contribution < 1.29 is 80.4 Å². The summed E-state index contributed by atoms with van der Waals surface area (Å²) in [5.74, 6) is 0.602. The summed E-state index contributed by atoms with van der Waals surface area (Å²) in [5.41, 5.74) is 28.4. The van der Waals surface area contributed by atoms with Gasteiger partial charge in [-0.15, -0.1) is 287 Å². The first-order chi connectivity index (χ1) is 68.2. The van der Waals surface area contributed by atoms with Crippen molar-refractivity contribution in [3.8, 4) is 135 Å². The molecule has 16 heteroatoms. The molecule has 8 aromatic heterocycles. The Kier molecular flexibility index (Phi) is 46.7. The molecular weight excluding hydrogens is 2540 g/mol. The van der Waals surface area contributed by atoms with Gasteiger partial charge in [0.1, 0.15) is 0 Å². The van der Waals surface area contributed by atoms with Gasteiger partial charge in [-0.2, -0.15) is 0 Å². The molecule has 0 spiro atoms. The SMILES string of the molecule is CC(C)Cc1cc(-c2[c-]cccc2)ncc1-c1ccc([Si](C)(C)C)cc1.C[Si](C)(C)c1ccc(-c2ccc(-c3[c-]cccc3)nc2)cc1.C[Si](C)(C)c1cccc(-c2ccc(-c3[c-]cccc3)nc2)c1.Cc1cc(-c2[c-]cccc2)ncc1-c1ccc([Si](C)(C)C)cc1.[Ir].[Ir].[Ir].[Ir].[c-]1ccccc1-c1ccccn1.[c-]1ccccc1-c1ccccn1.[c-]1ccccc1-c1ccccn1.[c-]1ccccc1-c1ccccn1. The fourth-order valence-electron chi connectivity index (χ4n) is 15.1. The summed E-state index contributed by atoms with van der Waals surface area (Å²) in [6.45, 7) is 35.2. The fraction of sp³-hybridized carbons (Fsp3) is 0.132. The maximum Gasteiger partial charge on any atom is 0.0776 e. The van der Waals surface area contributed by atoms with Gasteiger partial charge in [-0.05, 0) is 134 Å². The smallest absolute Gasteiger partial charge is 0.0776 e. The second-order valence-electron chi connectivity index (χ2n) is 38.5. The van der Waals surface area contributed by atoms with E-state index in [2.05, 4.69) is 322 Å². The molecule has 0 saturated carbocycles. The van der Waals surface area contributed by atoms with Crippen LogP contribution in [0.4, 0.5) is 0 Å². The van der Waals surface area contributed by atoms with Gasteiger partial charge in [-0.1, -0.05) is 295 Å². The van der Waals surface area contributed by atoms with Gasteiger partial charge in [0.15, 0.2) is 0 Å². The van der Waals surface area contributed by atoms with Crippen molar-refractivity contribution in [3.63, 3.8) is 0 Å². The summed E-state index contributed by atoms with van der Waals surface area (Å²) in [4.78, 5) is 35.4. The van der Waals surface area contributed by atoms with Crippen LogP contribution in [0.25, 0.3) is 135 Å². The Balaban J connectivity index is 0.000000187. The summed E-state index contributed by atoms with van der Waals surface area (Å²) < 4.78 is 0. The molecule has 0 aliphatic carbocycles. The van der Waals surface area contributed by atoms with E-state index in [-0.39, 0.29) is 80.4 Å². The fourth-order valence-corrected chi connectivity index (χ4v) is 19.8.